The van der Waals surface area contributed by atoms with Gasteiger partial charge < -0.3 is 34.4 Å². The molecule has 0 saturated carbocycles. The van der Waals surface area contributed by atoms with Crippen LogP contribution >= 0.6 is 0 Å². The number of fused-ring (bicyclic) bond motifs is 1. The molecule has 3 aliphatic heterocycles. The van der Waals surface area contributed by atoms with Gasteiger partial charge in [0.25, 0.3) is 5.91 Å². The number of ether oxygens (including phenoxy) is 3. The summed E-state index contributed by atoms with van der Waals surface area (Å²) in [5.41, 5.74) is -0.603. The Hall–Kier alpha value is -3.70. The first-order valence-corrected chi connectivity index (χ1v) is 14.5. The van der Waals surface area contributed by atoms with Crippen LogP contribution in [-0.2, 0) is 28.7 Å². The van der Waals surface area contributed by atoms with Crippen LogP contribution in [0.1, 0.15) is 39.0 Å². The Bertz CT molecular complexity index is 1190. The number of amides is 3. The number of methoxy groups -OCH3 is 1. The molecule has 1 aromatic rings. The number of hydrogen-bond donors (Lipinski definition) is 2. The van der Waals surface area contributed by atoms with Gasteiger partial charge in [0.1, 0.15) is 23.5 Å². The quantitative estimate of drug-likeness (QED) is 0.237. The number of allylic oxidation sites excluding steroid dienone is 1. The third-order valence-electron chi connectivity index (χ3n) is 8.30. The molecule has 0 radical (unpaired) electrons. The molecule has 11 nitrogen and oxygen atoms in total. The summed E-state index contributed by atoms with van der Waals surface area (Å²) in [7, 11) is 1.56. The van der Waals surface area contributed by atoms with Crippen molar-refractivity contribution in [3.63, 3.8) is 0 Å². The van der Waals surface area contributed by atoms with Gasteiger partial charge >= 0.3 is 5.97 Å². The van der Waals surface area contributed by atoms with E-state index >= 15 is 0 Å². The fourth-order valence-electron chi connectivity index (χ4n) is 6.44. The number of aliphatic hydroxyl groups excluding tert-OH is 1. The minimum Gasteiger partial charge on any atom is -0.497 e. The number of aliphatic hydroxyl groups is 1. The lowest BCUT2D eigenvalue weighted by Crippen LogP contribution is -2.56. The second-order valence-corrected chi connectivity index (χ2v) is 11.0. The van der Waals surface area contributed by atoms with E-state index in [-0.39, 0.29) is 50.4 Å². The van der Waals surface area contributed by atoms with Gasteiger partial charge in [-0.05, 0) is 56.9 Å². The Kier molecular flexibility index (Phi) is 10.1. The van der Waals surface area contributed by atoms with Crippen molar-refractivity contribution in [3.8, 4) is 5.75 Å². The van der Waals surface area contributed by atoms with Gasteiger partial charge in [0.05, 0.1) is 31.6 Å². The van der Waals surface area contributed by atoms with Gasteiger partial charge in [-0.15, -0.1) is 13.2 Å². The standard InChI is InChI=1S/C31H41N3O8/c1-5-7-9-24(36)32-19-20(3)41-30(39)25-23-14-15-31(42-23)26(25)28(37)34(17-8-18-35)27(31)29(38)33(16-6-2)21-10-12-22(40-4)13-11-21/h5-6,10-13,20,23,25-27,35H,1-2,7-9,14-19H2,3-4H3,(H,32,36)/t20-,23-,25+,26+,27-,31+/m1/s1. The van der Waals surface area contributed by atoms with E-state index in [9.17, 15) is 24.3 Å². The average Bonchev–Trinajstić information content (AvgIpc) is 3.63. The first-order chi connectivity index (χ1) is 20.2. The molecular formula is C31H41N3O8. The van der Waals surface area contributed by atoms with Gasteiger partial charge in [-0.3, -0.25) is 19.2 Å². The van der Waals surface area contributed by atoms with E-state index in [2.05, 4.69) is 18.5 Å². The van der Waals surface area contributed by atoms with Gasteiger partial charge in [-0.2, -0.15) is 0 Å². The zero-order valence-corrected chi connectivity index (χ0v) is 24.3. The molecule has 42 heavy (non-hydrogen) atoms. The van der Waals surface area contributed by atoms with Crippen molar-refractivity contribution in [2.75, 3.05) is 38.3 Å². The number of nitrogens with one attached hydrogen (secondary N) is 1. The Morgan fingerprint density at radius 2 is 2.00 bits per heavy atom. The Morgan fingerprint density at radius 3 is 2.64 bits per heavy atom. The van der Waals surface area contributed by atoms with E-state index in [0.29, 0.717) is 37.1 Å². The highest BCUT2D eigenvalue weighted by molar-refractivity contribution is 6.04. The molecule has 3 aliphatic rings. The highest BCUT2D eigenvalue weighted by atomic mass is 16.6. The lowest BCUT2D eigenvalue weighted by molar-refractivity contribution is -0.159. The zero-order chi connectivity index (χ0) is 30.4. The molecule has 11 heteroatoms. The maximum atomic E-state index is 14.4. The number of hydrogen-bond acceptors (Lipinski definition) is 8. The molecule has 3 saturated heterocycles. The summed E-state index contributed by atoms with van der Waals surface area (Å²) in [5.74, 6) is -2.60. The van der Waals surface area contributed by atoms with Crippen molar-refractivity contribution in [3.05, 3.63) is 49.6 Å². The van der Waals surface area contributed by atoms with E-state index in [1.165, 1.54) is 4.90 Å². The van der Waals surface area contributed by atoms with Crippen LogP contribution in [0.3, 0.4) is 0 Å². The van der Waals surface area contributed by atoms with Gasteiger partial charge in [0.15, 0.2) is 0 Å². The van der Waals surface area contributed by atoms with Gasteiger partial charge in [-0.1, -0.05) is 12.2 Å². The van der Waals surface area contributed by atoms with E-state index < -0.39 is 41.7 Å². The number of benzene rings is 1. The zero-order valence-electron chi connectivity index (χ0n) is 24.3. The van der Waals surface area contributed by atoms with Crippen molar-refractivity contribution in [1.29, 1.82) is 0 Å². The molecule has 6 atom stereocenters. The average molecular weight is 584 g/mol. The van der Waals surface area contributed by atoms with Crippen LogP contribution < -0.4 is 15.0 Å². The molecule has 1 spiro atoms. The van der Waals surface area contributed by atoms with Crippen LogP contribution in [0.2, 0.25) is 0 Å². The maximum Gasteiger partial charge on any atom is 0.312 e. The molecular weight excluding hydrogens is 542 g/mol. The minimum absolute atomic E-state index is 0.131. The third kappa shape index (κ3) is 5.94. The molecule has 228 valence electrons. The molecule has 3 fully saturated rings. The molecule has 3 amide bonds. The predicted molar refractivity (Wildman–Crippen MR) is 155 cm³/mol. The normalized spacial score (nSPS) is 26.4. The van der Waals surface area contributed by atoms with Crippen molar-refractivity contribution in [2.24, 2.45) is 11.8 Å². The molecule has 0 unspecified atom stereocenters. The summed E-state index contributed by atoms with van der Waals surface area (Å²) < 4.78 is 17.4. The highest BCUT2D eigenvalue weighted by Gasteiger charge is 2.75. The lowest BCUT2D eigenvalue weighted by atomic mass is 9.70. The monoisotopic (exact) mass is 583 g/mol. The molecule has 0 aliphatic carbocycles. The van der Waals surface area contributed by atoms with E-state index in [1.807, 2.05) is 0 Å². The fourth-order valence-corrected chi connectivity index (χ4v) is 6.44. The first kappa shape index (κ1) is 31.2. The number of rotatable bonds is 15. The fraction of sp³-hybridized carbons (Fsp3) is 0.548. The lowest BCUT2D eigenvalue weighted by Gasteiger charge is -2.36. The van der Waals surface area contributed by atoms with Crippen molar-refractivity contribution >= 4 is 29.4 Å². The molecule has 2 N–H and O–H groups in total. The second kappa shape index (κ2) is 13.5. The molecule has 2 bridgehead atoms. The minimum atomic E-state index is -1.20. The molecule has 0 aromatic heterocycles. The van der Waals surface area contributed by atoms with Crippen LogP contribution in [0, 0.1) is 11.8 Å². The molecule has 1 aromatic carbocycles. The highest BCUT2D eigenvalue weighted by Crippen LogP contribution is 2.59. The van der Waals surface area contributed by atoms with E-state index in [1.54, 1.807) is 55.4 Å². The first-order valence-electron chi connectivity index (χ1n) is 14.5. The third-order valence-corrected chi connectivity index (χ3v) is 8.30. The number of carbonyl (C=O) groups excluding carboxylic acids is 4. The largest absolute Gasteiger partial charge is 0.497 e. The van der Waals surface area contributed by atoms with Gasteiger partial charge in [0.2, 0.25) is 11.8 Å². The Labute approximate surface area is 246 Å². The number of carbonyl (C=O) groups is 4. The van der Waals surface area contributed by atoms with Crippen molar-refractivity contribution < 1.29 is 38.5 Å². The van der Waals surface area contributed by atoms with Gasteiger partial charge in [-0.25, -0.2) is 0 Å². The summed E-state index contributed by atoms with van der Waals surface area (Å²) in [6, 6.07) is 6.02. The Balaban J connectivity index is 1.59. The topological polar surface area (TPSA) is 135 Å². The molecule has 3 heterocycles. The van der Waals surface area contributed by atoms with Crippen LogP contribution in [0.15, 0.2) is 49.6 Å². The van der Waals surface area contributed by atoms with Gasteiger partial charge in [0, 0.05) is 31.8 Å². The second-order valence-electron chi connectivity index (χ2n) is 11.0. The summed E-state index contributed by atoms with van der Waals surface area (Å²) in [4.78, 5) is 56.8. The summed E-state index contributed by atoms with van der Waals surface area (Å²) in [5, 5.41) is 12.3. The van der Waals surface area contributed by atoms with E-state index in [4.69, 9.17) is 14.2 Å². The molecule has 4 rings (SSSR count). The smallest absolute Gasteiger partial charge is 0.312 e. The van der Waals surface area contributed by atoms with Crippen molar-refractivity contribution in [1.82, 2.24) is 10.2 Å². The maximum absolute atomic E-state index is 14.4. The van der Waals surface area contributed by atoms with Crippen LogP contribution in [0.25, 0.3) is 0 Å². The predicted octanol–water partition coefficient (Wildman–Crippen LogP) is 1.99. The van der Waals surface area contributed by atoms with Crippen LogP contribution in [0.4, 0.5) is 5.69 Å². The summed E-state index contributed by atoms with van der Waals surface area (Å²) in [6.07, 6.45) is 4.11. The summed E-state index contributed by atoms with van der Waals surface area (Å²) in [6.45, 7) is 9.38. The number of anilines is 1. The van der Waals surface area contributed by atoms with Crippen LogP contribution in [0.5, 0.6) is 5.75 Å². The number of likely N-dealkylation sites (tertiary alicyclic amines) is 1. The number of esters is 1. The number of nitrogens with zero attached hydrogens (tertiary/aromatic N) is 2. The Morgan fingerprint density at radius 1 is 1.26 bits per heavy atom. The van der Waals surface area contributed by atoms with Crippen molar-refractivity contribution in [2.45, 2.75) is 62.9 Å². The SMILES string of the molecule is C=CCCC(=O)NC[C@@H](C)OC(=O)[C@@H]1[C@H]2C(=O)N(CCCO)[C@H](C(=O)N(CC=C)c3ccc(OC)cc3)[C@]23CC[C@H]1O3. The van der Waals surface area contributed by atoms with E-state index in [0.717, 1.165) is 0 Å². The van der Waals surface area contributed by atoms with Crippen LogP contribution in [-0.4, -0.2) is 90.9 Å². The summed E-state index contributed by atoms with van der Waals surface area (Å²) >= 11 is 0.